The SMILES string of the molecule is CC1(C)Oc2cc(CO)c([Si](C)(C)C)cc2O1. The molecule has 0 saturated carbocycles. The van der Waals surface area contributed by atoms with Crippen LogP contribution in [0.3, 0.4) is 0 Å². The zero-order chi connectivity index (χ0) is 12.8. The molecular weight excluding hydrogens is 232 g/mol. The Hall–Kier alpha value is -1.00. The van der Waals surface area contributed by atoms with Crippen LogP contribution in [-0.4, -0.2) is 19.0 Å². The molecule has 0 atom stereocenters. The first-order valence-corrected chi connectivity index (χ1v) is 9.39. The zero-order valence-corrected chi connectivity index (χ0v) is 12.1. The number of aliphatic hydroxyl groups is 1. The highest BCUT2D eigenvalue weighted by Crippen LogP contribution is 2.39. The minimum absolute atomic E-state index is 0.0523. The van der Waals surface area contributed by atoms with E-state index in [9.17, 15) is 5.11 Å². The lowest BCUT2D eigenvalue weighted by atomic mass is 10.2. The lowest BCUT2D eigenvalue weighted by Crippen LogP contribution is -2.40. The lowest BCUT2D eigenvalue weighted by Gasteiger charge is -2.20. The van der Waals surface area contributed by atoms with Crippen molar-refractivity contribution in [3.63, 3.8) is 0 Å². The molecule has 0 aliphatic carbocycles. The van der Waals surface area contributed by atoms with Gasteiger partial charge in [0.05, 0.1) is 14.7 Å². The molecule has 0 spiro atoms. The van der Waals surface area contributed by atoms with E-state index in [2.05, 4.69) is 19.6 Å². The molecular formula is C13H20O3Si. The minimum atomic E-state index is -1.48. The van der Waals surface area contributed by atoms with Crippen LogP contribution >= 0.6 is 0 Å². The molecule has 1 heterocycles. The van der Waals surface area contributed by atoms with Crippen LogP contribution in [0.25, 0.3) is 0 Å². The molecule has 0 bridgehead atoms. The highest BCUT2D eigenvalue weighted by molar-refractivity contribution is 6.89. The van der Waals surface area contributed by atoms with Crippen LogP contribution in [0.4, 0.5) is 0 Å². The summed E-state index contributed by atoms with van der Waals surface area (Å²) in [6.07, 6.45) is 0. The average molecular weight is 252 g/mol. The van der Waals surface area contributed by atoms with Gasteiger partial charge >= 0.3 is 0 Å². The number of rotatable bonds is 2. The predicted molar refractivity (Wildman–Crippen MR) is 70.7 cm³/mol. The number of hydrogen-bond acceptors (Lipinski definition) is 3. The Labute approximate surface area is 103 Å². The summed E-state index contributed by atoms with van der Waals surface area (Å²) in [5.74, 6) is 0.929. The minimum Gasteiger partial charge on any atom is -0.449 e. The number of benzene rings is 1. The Morgan fingerprint density at radius 2 is 1.65 bits per heavy atom. The first-order valence-electron chi connectivity index (χ1n) is 5.89. The van der Waals surface area contributed by atoms with E-state index in [4.69, 9.17) is 9.47 Å². The molecule has 0 amide bonds. The maximum Gasteiger partial charge on any atom is 0.246 e. The van der Waals surface area contributed by atoms with E-state index < -0.39 is 13.9 Å². The van der Waals surface area contributed by atoms with Gasteiger partial charge in [0.1, 0.15) is 0 Å². The zero-order valence-electron chi connectivity index (χ0n) is 11.1. The molecule has 17 heavy (non-hydrogen) atoms. The molecule has 3 nitrogen and oxygen atoms in total. The molecule has 0 radical (unpaired) electrons. The fourth-order valence-electron chi connectivity index (χ4n) is 2.14. The Bertz CT molecular complexity index is 447. The van der Waals surface area contributed by atoms with Gasteiger partial charge in [0, 0.05) is 13.8 Å². The van der Waals surface area contributed by atoms with Gasteiger partial charge in [-0.1, -0.05) is 24.8 Å². The summed E-state index contributed by atoms with van der Waals surface area (Å²) in [6.45, 7) is 10.6. The van der Waals surface area contributed by atoms with Gasteiger partial charge in [-0.3, -0.25) is 0 Å². The summed E-state index contributed by atoms with van der Waals surface area (Å²) in [6, 6.07) is 3.96. The van der Waals surface area contributed by atoms with Crippen molar-refractivity contribution in [2.24, 2.45) is 0 Å². The molecule has 1 N–H and O–H groups in total. The summed E-state index contributed by atoms with van der Waals surface area (Å²) in [5.41, 5.74) is 0.962. The Morgan fingerprint density at radius 3 is 2.12 bits per heavy atom. The van der Waals surface area contributed by atoms with Gasteiger partial charge in [-0.15, -0.1) is 0 Å². The molecule has 1 aliphatic heterocycles. The van der Waals surface area contributed by atoms with Gasteiger partial charge in [-0.25, -0.2) is 0 Å². The van der Waals surface area contributed by atoms with Crippen LogP contribution < -0.4 is 14.7 Å². The number of fused-ring (bicyclic) bond motifs is 1. The van der Waals surface area contributed by atoms with Crippen LogP contribution in [0.5, 0.6) is 11.5 Å². The third kappa shape index (κ3) is 2.33. The topological polar surface area (TPSA) is 38.7 Å². The molecule has 0 unspecified atom stereocenters. The number of hydrogen-bond donors (Lipinski definition) is 1. The summed E-state index contributed by atoms with van der Waals surface area (Å²) < 4.78 is 11.4. The van der Waals surface area contributed by atoms with Crippen molar-refractivity contribution in [3.8, 4) is 11.5 Å². The van der Waals surface area contributed by atoms with E-state index in [0.29, 0.717) is 0 Å². The quantitative estimate of drug-likeness (QED) is 0.820. The second kappa shape index (κ2) is 3.75. The van der Waals surface area contributed by atoms with Crippen molar-refractivity contribution in [1.29, 1.82) is 0 Å². The molecule has 2 rings (SSSR count). The molecule has 1 aliphatic rings. The standard InChI is InChI=1S/C13H20O3Si/c1-13(2)15-10-6-9(8-14)12(17(3,4)5)7-11(10)16-13/h6-7,14H,8H2,1-5H3. The van der Waals surface area contributed by atoms with Crippen LogP contribution in [0.1, 0.15) is 19.4 Å². The van der Waals surface area contributed by atoms with Crippen molar-refractivity contribution in [1.82, 2.24) is 0 Å². The fourth-order valence-corrected chi connectivity index (χ4v) is 3.82. The number of aliphatic hydroxyl groups excluding tert-OH is 1. The van der Waals surface area contributed by atoms with Crippen molar-refractivity contribution in [2.75, 3.05) is 0 Å². The predicted octanol–water partition coefficient (Wildman–Crippen LogP) is 2.23. The first kappa shape index (κ1) is 12.5. The highest BCUT2D eigenvalue weighted by atomic mass is 28.3. The van der Waals surface area contributed by atoms with Crippen molar-refractivity contribution in [2.45, 2.75) is 45.9 Å². The smallest absolute Gasteiger partial charge is 0.246 e. The van der Waals surface area contributed by atoms with Gasteiger partial charge in [0.2, 0.25) is 5.79 Å². The highest BCUT2D eigenvalue weighted by Gasteiger charge is 2.34. The molecule has 94 valence electrons. The molecule has 1 aromatic carbocycles. The van der Waals surface area contributed by atoms with E-state index in [1.165, 1.54) is 5.19 Å². The van der Waals surface area contributed by atoms with Crippen molar-refractivity contribution in [3.05, 3.63) is 17.7 Å². The first-order chi connectivity index (χ1) is 7.73. The Kier molecular flexibility index (Phi) is 2.75. The van der Waals surface area contributed by atoms with E-state index in [-0.39, 0.29) is 6.61 Å². The molecule has 0 saturated heterocycles. The maximum atomic E-state index is 9.47. The summed E-state index contributed by atoms with van der Waals surface area (Å²) in [7, 11) is -1.48. The second-order valence-electron chi connectivity index (χ2n) is 5.97. The van der Waals surface area contributed by atoms with Crippen molar-refractivity contribution >= 4 is 13.3 Å². The monoisotopic (exact) mass is 252 g/mol. The summed E-state index contributed by atoms with van der Waals surface area (Å²) in [5, 5.41) is 10.7. The van der Waals surface area contributed by atoms with Crippen LogP contribution in [0.2, 0.25) is 19.6 Å². The van der Waals surface area contributed by atoms with E-state index >= 15 is 0 Å². The Balaban J connectivity index is 2.52. The van der Waals surface area contributed by atoms with Gasteiger partial charge in [0.15, 0.2) is 11.5 Å². The van der Waals surface area contributed by atoms with E-state index in [0.717, 1.165) is 17.1 Å². The molecule has 4 heteroatoms. The largest absolute Gasteiger partial charge is 0.449 e. The van der Waals surface area contributed by atoms with Gasteiger partial charge in [0.25, 0.3) is 0 Å². The molecule has 1 aromatic rings. The van der Waals surface area contributed by atoms with Crippen molar-refractivity contribution < 1.29 is 14.6 Å². The molecule has 0 aromatic heterocycles. The van der Waals surface area contributed by atoms with Gasteiger partial charge < -0.3 is 14.6 Å². The Morgan fingerprint density at radius 1 is 1.12 bits per heavy atom. The maximum absolute atomic E-state index is 9.47. The van der Waals surface area contributed by atoms with E-state index in [1.807, 2.05) is 26.0 Å². The van der Waals surface area contributed by atoms with Crippen LogP contribution in [-0.2, 0) is 6.61 Å². The fraction of sp³-hybridized carbons (Fsp3) is 0.538. The van der Waals surface area contributed by atoms with Gasteiger partial charge in [-0.2, -0.15) is 0 Å². The second-order valence-corrected chi connectivity index (χ2v) is 11.0. The van der Waals surface area contributed by atoms with Crippen LogP contribution in [0.15, 0.2) is 12.1 Å². The van der Waals surface area contributed by atoms with Crippen LogP contribution in [0, 0.1) is 0 Å². The molecule has 0 fully saturated rings. The normalized spacial score (nSPS) is 17.3. The van der Waals surface area contributed by atoms with Gasteiger partial charge in [-0.05, 0) is 17.7 Å². The van der Waals surface area contributed by atoms with E-state index in [1.54, 1.807) is 0 Å². The lowest BCUT2D eigenvalue weighted by molar-refractivity contribution is -0.0431. The third-order valence-electron chi connectivity index (χ3n) is 2.86. The summed E-state index contributed by atoms with van der Waals surface area (Å²) >= 11 is 0. The number of ether oxygens (including phenoxy) is 2. The summed E-state index contributed by atoms with van der Waals surface area (Å²) in [4.78, 5) is 0. The average Bonchev–Trinajstić information content (AvgIpc) is 2.47. The third-order valence-corrected chi connectivity index (χ3v) is 4.94.